The second-order valence-electron chi connectivity index (χ2n) is 4.59. The van der Waals surface area contributed by atoms with Crippen LogP contribution in [0.25, 0.3) is 0 Å². The van der Waals surface area contributed by atoms with E-state index in [4.69, 9.17) is 5.73 Å². The maximum absolute atomic E-state index is 12.4. The van der Waals surface area contributed by atoms with E-state index in [-0.39, 0.29) is 4.90 Å². The van der Waals surface area contributed by atoms with Gasteiger partial charge in [0.05, 0.1) is 4.90 Å². The molecule has 0 saturated carbocycles. The van der Waals surface area contributed by atoms with Crippen LogP contribution in [0, 0.1) is 13.8 Å². The Bertz CT molecular complexity index is 758. The monoisotopic (exact) mass is 354 g/mol. The first-order valence-corrected chi connectivity index (χ1v) is 8.22. The molecule has 2 rings (SSSR count). The number of hydrogen-bond donors (Lipinski definition) is 2. The lowest BCUT2D eigenvalue weighted by Crippen LogP contribution is -2.14. The molecule has 2 aromatic rings. The lowest BCUT2D eigenvalue weighted by Gasteiger charge is -2.11. The Morgan fingerprint density at radius 3 is 2.35 bits per heavy atom. The summed E-state index contributed by atoms with van der Waals surface area (Å²) in [6, 6.07) is 10.0. The topological polar surface area (TPSA) is 72.2 Å². The van der Waals surface area contributed by atoms with Crippen LogP contribution in [0.3, 0.4) is 0 Å². The Labute approximate surface area is 127 Å². The minimum absolute atomic E-state index is 0.225. The smallest absolute Gasteiger partial charge is 0.262 e. The van der Waals surface area contributed by atoms with Crippen molar-refractivity contribution in [2.24, 2.45) is 0 Å². The molecule has 20 heavy (non-hydrogen) atoms. The number of hydrogen-bond acceptors (Lipinski definition) is 3. The zero-order chi connectivity index (χ0) is 14.9. The van der Waals surface area contributed by atoms with E-state index in [0.29, 0.717) is 16.9 Å². The number of nitrogen functional groups attached to an aromatic ring is 1. The minimum atomic E-state index is -3.62. The summed E-state index contributed by atoms with van der Waals surface area (Å²) >= 11 is 3.38. The van der Waals surface area contributed by atoms with Gasteiger partial charge in [-0.25, -0.2) is 8.42 Å². The fourth-order valence-electron chi connectivity index (χ4n) is 1.84. The van der Waals surface area contributed by atoms with Crippen molar-refractivity contribution in [3.05, 3.63) is 52.0 Å². The molecule has 0 saturated heterocycles. The largest absolute Gasteiger partial charge is 0.399 e. The Kier molecular flexibility index (Phi) is 4.06. The third-order valence-electron chi connectivity index (χ3n) is 2.91. The molecule has 0 unspecified atom stereocenters. The third kappa shape index (κ3) is 3.13. The molecule has 0 atom stereocenters. The summed E-state index contributed by atoms with van der Waals surface area (Å²) in [5, 5.41) is 0. The molecular weight excluding hydrogens is 340 g/mol. The lowest BCUT2D eigenvalue weighted by atomic mass is 10.2. The second-order valence-corrected chi connectivity index (χ2v) is 7.10. The molecule has 0 spiro atoms. The van der Waals surface area contributed by atoms with Crippen molar-refractivity contribution in [2.45, 2.75) is 18.7 Å². The average Bonchev–Trinajstić information content (AvgIpc) is 2.33. The Hall–Kier alpha value is -1.53. The van der Waals surface area contributed by atoms with Gasteiger partial charge >= 0.3 is 0 Å². The van der Waals surface area contributed by atoms with Crippen LogP contribution in [0.4, 0.5) is 11.4 Å². The van der Waals surface area contributed by atoms with E-state index in [1.807, 2.05) is 13.0 Å². The fourth-order valence-corrected chi connectivity index (χ4v) is 3.50. The van der Waals surface area contributed by atoms with Crippen LogP contribution >= 0.6 is 15.9 Å². The molecule has 0 aliphatic heterocycles. The molecule has 0 aromatic heterocycles. The van der Waals surface area contributed by atoms with Crippen molar-refractivity contribution in [2.75, 3.05) is 10.5 Å². The zero-order valence-corrected chi connectivity index (χ0v) is 13.5. The second kappa shape index (κ2) is 5.46. The highest BCUT2D eigenvalue weighted by atomic mass is 79.9. The molecule has 0 fully saturated rings. The fraction of sp³-hybridized carbons (Fsp3) is 0.143. The van der Waals surface area contributed by atoms with Crippen LogP contribution in [0.2, 0.25) is 0 Å². The first-order valence-electron chi connectivity index (χ1n) is 5.95. The van der Waals surface area contributed by atoms with Crippen molar-refractivity contribution >= 4 is 37.3 Å². The number of halogens is 1. The summed E-state index contributed by atoms with van der Waals surface area (Å²) in [5.41, 5.74) is 8.35. The number of anilines is 2. The Balaban J connectivity index is 2.38. The summed E-state index contributed by atoms with van der Waals surface area (Å²) in [4.78, 5) is 0.225. The first kappa shape index (κ1) is 14.9. The molecule has 0 aliphatic carbocycles. The predicted molar refractivity (Wildman–Crippen MR) is 85.3 cm³/mol. The van der Waals surface area contributed by atoms with Gasteiger partial charge in [-0.3, -0.25) is 4.72 Å². The quantitative estimate of drug-likeness (QED) is 0.829. The zero-order valence-electron chi connectivity index (χ0n) is 11.1. The molecular formula is C14H15BrN2O2S. The average molecular weight is 355 g/mol. The highest BCUT2D eigenvalue weighted by molar-refractivity contribution is 9.10. The van der Waals surface area contributed by atoms with E-state index in [9.17, 15) is 8.42 Å². The Morgan fingerprint density at radius 1 is 1.05 bits per heavy atom. The van der Waals surface area contributed by atoms with Gasteiger partial charge in [-0.15, -0.1) is 0 Å². The van der Waals surface area contributed by atoms with Gasteiger partial charge in [0, 0.05) is 15.8 Å². The number of benzene rings is 2. The van der Waals surface area contributed by atoms with Gasteiger partial charge in [-0.2, -0.15) is 0 Å². The lowest BCUT2D eigenvalue weighted by molar-refractivity contribution is 0.600. The van der Waals surface area contributed by atoms with Crippen LogP contribution in [0.1, 0.15) is 11.1 Å². The van der Waals surface area contributed by atoms with Gasteiger partial charge in [0.1, 0.15) is 0 Å². The number of nitrogens with one attached hydrogen (secondary N) is 1. The van der Waals surface area contributed by atoms with Crippen LogP contribution < -0.4 is 10.5 Å². The van der Waals surface area contributed by atoms with Gasteiger partial charge in [0.15, 0.2) is 0 Å². The van der Waals surface area contributed by atoms with E-state index in [1.165, 1.54) is 6.07 Å². The number of rotatable bonds is 3. The first-order chi connectivity index (χ1) is 9.29. The van der Waals surface area contributed by atoms with E-state index < -0.39 is 10.0 Å². The molecule has 3 N–H and O–H groups in total. The number of nitrogens with two attached hydrogens (primary N) is 1. The molecule has 106 valence electrons. The number of aryl methyl sites for hydroxylation is 2. The summed E-state index contributed by atoms with van der Waals surface area (Å²) in [6.07, 6.45) is 0. The molecule has 6 heteroatoms. The molecule has 0 radical (unpaired) electrons. The minimum Gasteiger partial charge on any atom is -0.399 e. The highest BCUT2D eigenvalue weighted by Crippen LogP contribution is 2.24. The summed E-state index contributed by atoms with van der Waals surface area (Å²) in [7, 11) is -3.62. The SMILES string of the molecule is Cc1ccc(NS(=O)(=O)c2ccc(N)cc2C)cc1Br. The van der Waals surface area contributed by atoms with Crippen LogP contribution in [0.15, 0.2) is 45.8 Å². The van der Waals surface area contributed by atoms with Gasteiger partial charge in [-0.05, 0) is 55.3 Å². The van der Waals surface area contributed by atoms with E-state index in [1.54, 1.807) is 31.2 Å². The predicted octanol–water partition coefficient (Wildman–Crippen LogP) is 3.45. The third-order valence-corrected chi connectivity index (χ3v) is 5.31. The summed E-state index contributed by atoms with van der Waals surface area (Å²) in [6.45, 7) is 3.66. The maximum Gasteiger partial charge on any atom is 0.262 e. The standard InChI is InChI=1S/C14H15BrN2O2S/c1-9-3-5-12(8-13(9)15)17-20(18,19)14-6-4-11(16)7-10(14)2/h3-8,17H,16H2,1-2H3. The molecule has 0 heterocycles. The molecule has 2 aromatic carbocycles. The summed E-state index contributed by atoms with van der Waals surface area (Å²) in [5.74, 6) is 0. The van der Waals surface area contributed by atoms with Crippen LogP contribution in [-0.4, -0.2) is 8.42 Å². The van der Waals surface area contributed by atoms with Crippen LogP contribution in [-0.2, 0) is 10.0 Å². The highest BCUT2D eigenvalue weighted by Gasteiger charge is 2.17. The van der Waals surface area contributed by atoms with Crippen molar-refractivity contribution in [1.82, 2.24) is 0 Å². The molecule has 0 bridgehead atoms. The molecule has 4 nitrogen and oxygen atoms in total. The van der Waals surface area contributed by atoms with Gasteiger partial charge in [0.2, 0.25) is 0 Å². The summed E-state index contributed by atoms with van der Waals surface area (Å²) < 4.78 is 28.1. The maximum atomic E-state index is 12.4. The normalized spacial score (nSPS) is 11.3. The molecule has 0 amide bonds. The van der Waals surface area contributed by atoms with E-state index in [0.717, 1.165) is 10.0 Å². The van der Waals surface area contributed by atoms with Gasteiger partial charge < -0.3 is 5.73 Å². The Morgan fingerprint density at radius 2 is 1.75 bits per heavy atom. The van der Waals surface area contributed by atoms with E-state index in [2.05, 4.69) is 20.7 Å². The van der Waals surface area contributed by atoms with Crippen molar-refractivity contribution in [1.29, 1.82) is 0 Å². The number of sulfonamides is 1. The van der Waals surface area contributed by atoms with Crippen molar-refractivity contribution < 1.29 is 8.42 Å². The van der Waals surface area contributed by atoms with Gasteiger partial charge in [0.25, 0.3) is 10.0 Å². The van der Waals surface area contributed by atoms with Crippen LogP contribution in [0.5, 0.6) is 0 Å². The van der Waals surface area contributed by atoms with Crippen molar-refractivity contribution in [3.63, 3.8) is 0 Å². The molecule has 0 aliphatic rings. The van der Waals surface area contributed by atoms with Gasteiger partial charge in [-0.1, -0.05) is 22.0 Å². The van der Waals surface area contributed by atoms with E-state index >= 15 is 0 Å². The van der Waals surface area contributed by atoms with Crippen molar-refractivity contribution in [3.8, 4) is 0 Å².